The Labute approximate surface area is 200 Å². The summed E-state index contributed by atoms with van der Waals surface area (Å²) in [5, 5.41) is 10.1. The van der Waals surface area contributed by atoms with Crippen LogP contribution in [0.5, 0.6) is 0 Å². The number of thioether (sulfide) groups is 1. The van der Waals surface area contributed by atoms with Crippen LogP contribution in [0.2, 0.25) is 5.02 Å². The van der Waals surface area contributed by atoms with E-state index in [-0.39, 0.29) is 11.5 Å². The zero-order valence-electron chi connectivity index (χ0n) is 17.5. The van der Waals surface area contributed by atoms with E-state index in [0.29, 0.717) is 28.1 Å². The maximum absolute atomic E-state index is 13.0. The third-order valence-corrected chi connectivity index (χ3v) is 6.72. The van der Waals surface area contributed by atoms with Crippen molar-refractivity contribution in [2.45, 2.75) is 11.6 Å². The molecule has 33 heavy (non-hydrogen) atoms. The first-order valence-corrected chi connectivity index (χ1v) is 11.8. The smallest absolute Gasteiger partial charge is 0.214 e. The van der Waals surface area contributed by atoms with E-state index >= 15 is 0 Å². The van der Waals surface area contributed by atoms with Gasteiger partial charge < -0.3 is 4.90 Å². The zero-order valence-corrected chi connectivity index (χ0v) is 19.1. The van der Waals surface area contributed by atoms with Crippen LogP contribution >= 0.6 is 23.4 Å². The Bertz CT molecular complexity index is 1320. The van der Waals surface area contributed by atoms with Crippen LogP contribution in [0.1, 0.15) is 15.9 Å². The number of nitrogens with zero attached hydrogens (tertiary/aromatic N) is 4. The fraction of sp³-hybridized carbons (Fsp3) is 0.120. The summed E-state index contributed by atoms with van der Waals surface area (Å²) in [6.07, 6.45) is 1.59. The number of anilines is 1. The summed E-state index contributed by atoms with van der Waals surface area (Å²) in [5.41, 5.74) is 4.33. The highest BCUT2D eigenvalue weighted by Gasteiger charge is 2.21. The number of hydrogen-bond donors (Lipinski definition) is 0. The van der Waals surface area contributed by atoms with E-state index in [0.717, 1.165) is 35.3 Å². The van der Waals surface area contributed by atoms with Gasteiger partial charge in [0.1, 0.15) is 0 Å². The molecule has 4 aromatic rings. The summed E-state index contributed by atoms with van der Waals surface area (Å²) >= 11 is 7.43. The molecule has 2 heterocycles. The fourth-order valence-corrected chi connectivity index (χ4v) is 4.86. The molecule has 0 N–H and O–H groups in total. The van der Waals surface area contributed by atoms with E-state index in [2.05, 4.69) is 10.2 Å². The molecular weight excluding hydrogens is 456 g/mol. The second kappa shape index (κ2) is 9.21. The highest BCUT2D eigenvalue weighted by molar-refractivity contribution is 7.99. The topological polar surface area (TPSA) is 68.1 Å². The summed E-state index contributed by atoms with van der Waals surface area (Å²) in [6.45, 7) is 0.650. The maximum Gasteiger partial charge on any atom is 0.214 e. The molecule has 0 spiro atoms. The van der Waals surface area contributed by atoms with Gasteiger partial charge in [-0.15, -0.1) is 10.2 Å². The van der Waals surface area contributed by atoms with Crippen molar-refractivity contribution < 1.29 is 9.59 Å². The number of carbonyl (C=O) groups is 2. The number of rotatable bonds is 7. The van der Waals surface area contributed by atoms with Gasteiger partial charge in [0.25, 0.3) is 0 Å². The number of hydrogen-bond acceptors (Lipinski definition) is 5. The van der Waals surface area contributed by atoms with Crippen LogP contribution in [0.15, 0.2) is 78.0 Å². The molecule has 0 saturated carbocycles. The largest absolute Gasteiger partial charge is 0.314 e. The predicted molar refractivity (Wildman–Crippen MR) is 130 cm³/mol. The van der Waals surface area contributed by atoms with Crippen molar-refractivity contribution in [2.75, 3.05) is 17.2 Å². The van der Waals surface area contributed by atoms with E-state index in [1.165, 1.54) is 11.8 Å². The molecule has 1 aromatic heterocycles. The van der Waals surface area contributed by atoms with E-state index in [1.54, 1.807) is 11.0 Å². The lowest BCUT2D eigenvalue weighted by atomic mass is 10.1. The second-order valence-corrected chi connectivity index (χ2v) is 8.97. The van der Waals surface area contributed by atoms with Gasteiger partial charge in [-0.2, -0.15) is 0 Å². The minimum Gasteiger partial charge on any atom is -0.314 e. The summed E-state index contributed by atoms with van der Waals surface area (Å²) in [5.74, 6) is 0.912. The minimum absolute atomic E-state index is 0.000676. The first kappa shape index (κ1) is 21.4. The number of aromatic nitrogens is 3. The summed E-state index contributed by atoms with van der Waals surface area (Å²) in [7, 11) is 0. The molecular formula is C25H19ClN4O2S. The van der Waals surface area contributed by atoms with Crippen molar-refractivity contribution in [1.82, 2.24) is 14.8 Å². The fourth-order valence-electron chi connectivity index (χ4n) is 3.88. The van der Waals surface area contributed by atoms with Crippen LogP contribution < -0.4 is 4.90 Å². The predicted octanol–water partition coefficient (Wildman–Crippen LogP) is 5.08. The lowest BCUT2D eigenvalue weighted by molar-refractivity contribution is -0.107. The van der Waals surface area contributed by atoms with Crippen LogP contribution in [-0.4, -0.2) is 39.3 Å². The van der Waals surface area contributed by atoms with E-state index in [9.17, 15) is 9.59 Å². The Morgan fingerprint density at radius 1 is 1.03 bits per heavy atom. The third kappa shape index (κ3) is 4.29. The van der Waals surface area contributed by atoms with Gasteiger partial charge in [-0.3, -0.25) is 14.2 Å². The standard InChI is InChI=1S/C25H19ClN4O2S/c26-20-7-9-21(10-8-20)30-24(17-4-2-1-3-5-17)27-28-25(30)33-15-23(32)19-6-11-22-18(14-19)12-13-29(22)16-31/h1-11,14,16H,12-13,15H2. The Morgan fingerprint density at radius 2 is 1.82 bits per heavy atom. The Balaban J connectivity index is 1.42. The van der Waals surface area contributed by atoms with Crippen molar-refractivity contribution >= 4 is 41.2 Å². The van der Waals surface area contributed by atoms with Crippen LogP contribution in [0.3, 0.4) is 0 Å². The first-order chi connectivity index (χ1) is 16.1. The first-order valence-electron chi connectivity index (χ1n) is 10.4. The third-order valence-electron chi connectivity index (χ3n) is 5.54. The number of fused-ring (bicyclic) bond motifs is 1. The molecule has 0 fully saturated rings. The number of amides is 1. The molecule has 0 unspecified atom stereocenters. The molecule has 1 amide bonds. The van der Waals surface area contributed by atoms with Crippen molar-refractivity contribution in [3.8, 4) is 17.1 Å². The Kier molecular flexibility index (Phi) is 5.98. The zero-order chi connectivity index (χ0) is 22.8. The van der Waals surface area contributed by atoms with Gasteiger partial charge in [-0.1, -0.05) is 53.7 Å². The van der Waals surface area contributed by atoms with Crippen molar-refractivity contribution in [3.63, 3.8) is 0 Å². The van der Waals surface area contributed by atoms with Gasteiger partial charge >= 0.3 is 0 Å². The molecule has 8 heteroatoms. The van der Waals surface area contributed by atoms with Gasteiger partial charge in [0.15, 0.2) is 16.8 Å². The van der Waals surface area contributed by atoms with Crippen LogP contribution in [-0.2, 0) is 11.2 Å². The summed E-state index contributed by atoms with van der Waals surface area (Å²) in [6, 6.07) is 22.8. The molecule has 5 rings (SSSR count). The number of Topliss-reactive ketones (excluding diaryl/α,β-unsaturated/α-hetero) is 1. The number of benzene rings is 3. The lowest BCUT2D eigenvalue weighted by Gasteiger charge is -2.11. The maximum atomic E-state index is 13.0. The van der Waals surface area contributed by atoms with Gasteiger partial charge in [-0.25, -0.2) is 0 Å². The molecule has 0 radical (unpaired) electrons. The molecule has 1 aliphatic heterocycles. The highest BCUT2D eigenvalue weighted by atomic mass is 35.5. The monoisotopic (exact) mass is 474 g/mol. The number of halogens is 1. The van der Waals surface area contributed by atoms with Crippen molar-refractivity contribution in [1.29, 1.82) is 0 Å². The molecule has 164 valence electrons. The lowest BCUT2D eigenvalue weighted by Crippen LogP contribution is -2.17. The Hall–Kier alpha value is -3.42. The van der Waals surface area contributed by atoms with E-state index < -0.39 is 0 Å². The van der Waals surface area contributed by atoms with E-state index in [1.807, 2.05) is 71.3 Å². The average molecular weight is 475 g/mol. The summed E-state index contributed by atoms with van der Waals surface area (Å²) in [4.78, 5) is 25.8. The number of ketones is 1. The molecule has 0 saturated heterocycles. The summed E-state index contributed by atoms with van der Waals surface area (Å²) < 4.78 is 1.94. The van der Waals surface area contributed by atoms with Crippen molar-refractivity contribution in [3.05, 3.63) is 88.9 Å². The van der Waals surface area contributed by atoms with Crippen LogP contribution in [0.4, 0.5) is 5.69 Å². The molecule has 6 nitrogen and oxygen atoms in total. The van der Waals surface area contributed by atoms with Gasteiger partial charge in [0.05, 0.1) is 5.75 Å². The number of carbonyl (C=O) groups excluding carboxylic acids is 2. The quantitative estimate of drug-likeness (QED) is 0.212. The minimum atomic E-state index is -0.000676. The van der Waals surface area contributed by atoms with Gasteiger partial charge in [-0.05, 0) is 54.4 Å². The second-order valence-electron chi connectivity index (χ2n) is 7.59. The molecule has 0 bridgehead atoms. The molecule has 3 aromatic carbocycles. The van der Waals surface area contributed by atoms with E-state index in [4.69, 9.17) is 11.6 Å². The van der Waals surface area contributed by atoms with Crippen LogP contribution in [0.25, 0.3) is 17.1 Å². The molecule has 0 atom stereocenters. The molecule has 1 aliphatic rings. The van der Waals surface area contributed by atoms with Crippen LogP contribution in [0, 0.1) is 0 Å². The Morgan fingerprint density at radius 3 is 2.58 bits per heavy atom. The van der Waals surface area contributed by atoms with Gasteiger partial charge in [0.2, 0.25) is 6.41 Å². The SMILES string of the molecule is O=CN1CCc2cc(C(=O)CSc3nnc(-c4ccccc4)n3-c3ccc(Cl)cc3)ccc21. The molecule has 0 aliphatic carbocycles. The highest BCUT2D eigenvalue weighted by Crippen LogP contribution is 2.31. The normalized spacial score (nSPS) is 12.6. The van der Waals surface area contributed by atoms with Gasteiger partial charge in [0, 0.05) is 34.1 Å². The van der Waals surface area contributed by atoms with Crippen molar-refractivity contribution in [2.24, 2.45) is 0 Å². The average Bonchev–Trinajstić information content (AvgIpc) is 3.47.